The molecule has 2 aromatic rings. The number of hydrogen-bond acceptors (Lipinski definition) is 5. The Bertz CT molecular complexity index is 895. The van der Waals surface area contributed by atoms with Gasteiger partial charge in [0.05, 0.1) is 17.1 Å². The lowest BCUT2D eigenvalue weighted by Crippen LogP contribution is -2.35. The van der Waals surface area contributed by atoms with Crippen LogP contribution in [0.15, 0.2) is 30.5 Å². The number of piperidine rings is 1. The van der Waals surface area contributed by atoms with E-state index in [0.29, 0.717) is 17.3 Å². The third kappa shape index (κ3) is 3.74. The van der Waals surface area contributed by atoms with Crippen LogP contribution >= 0.6 is 0 Å². The number of carbonyl (C=O) groups is 1. The summed E-state index contributed by atoms with van der Waals surface area (Å²) in [7, 11) is 2.07. The molecule has 2 aliphatic heterocycles. The van der Waals surface area contributed by atoms with Gasteiger partial charge in [0.15, 0.2) is 0 Å². The van der Waals surface area contributed by atoms with Crippen LogP contribution in [-0.2, 0) is 4.79 Å². The van der Waals surface area contributed by atoms with Crippen LogP contribution in [0.1, 0.15) is 44.1 Å². The molecule has 1 atom stereocenters. The molecule has 0 bridgehead atoms. The lowest BCUT2D eigenvalue weighted by Gasteiger charge is -2.34. The smallest absolute Gasteiger partial charge is 0.149 e. The molecule has 0 aliphatic carbocycles. The summed E-state index contributed by atoms with van der Waals surface area (Å²) in [5, 5.41) is 10.4. The number of benzene rings is 1. The Labute approximate surface area is 167 Å². The van der Waals surface area contributed by atoms with Gasteiger partial charge in [0.1, 0.15) is 11.9 Å². The van der Waals surface area contributed by atoms with Crippen LogP contribution < -0.4 is 4.90 Å². The second kappa shape index (κ2) is 8.28. The number of likely N-dealkylation sites (N-methyl/N-ethyl adjacent to an activating group) is 1. The van der Waals surface area contributed by atoms with Crippen molar-refractivity contribution in [1.29, 1.82) is 5.26 Å². The number of fused-ring (bicyclic) bond motifs is 1. The topological polar surface area (TPSA) is 60.2 Å². The SMILES string of the molecule is CN1CCCC1C(=O)CCC1CCN(c2ccc(C#N)c3ncccc23)CC1. The number of anilines is 1. The van der Waals surface area contributed by atoms with E-state index in [1.54, 1.807) is 6.20 Å². The first kappa shape index (κ1) is 18.9. The van der Waals surface area contributed by atoms with E-state index in [9.17, 15) is 10.1 Å². The molecule has 2 aliphatic rings. The molecule has 1 aromatic heterocycles. The molecule has 2 fully saturated rings. The number of nitriles is 1. The highest BCUT2D eigenvalue weighted by molar-refractivity contribution is 5.95. The molecular weight excluding hydrogens is 348 g/mol. The zero-order valence-corrected chi connectivity index (χ0v) is 16.6. The van der Waals surface area contributed by atoms with E-state index >= 15 is 0 Å². The van der Waals surface area contributed by atoms with Crippen molar-refractivity contribution in [2.45, 2.75) is 44.6 Å². The first-order chi connectivity index (χ1) is 13.7. The van der Waals surface area contributed by atoms with E-state index in [-0.39, 0.29) is 6.04 Å². The zero-order valence-electron chi connectivity index (χ0n) is 16.6. The van der Waals surface area contributed by atoms with E-state index in [1.807, 2.05) is 12.1 Å². The maximum Gasteiger partial charge on any atom is 0.149 e. The van der Waals surface area contributed by atoms with Gasteiger partial charge in [-0.2, -0.15) is 5.26 Å². The van der Waals surface area contributed by atoms with Gasteiger partial charge < -0.3 is 4.90 Å². The summed E-state index contributed by atoms with van der Waals surface area (Å²) in [5.41, 5.74) is 2.59. The molecule has 1 unspecified atom stereocenters. The summed E-state index contributed by atoms with van der Waals surface area (Å²) < 4.78 is 0. The summed E-state index contributed by atoms with van der Waals surface area (Å²) in [6, 6.07) is 10.3. The normalized spacial score (nSPS) is 21.1. The quantitative estimate of drug-likeness (QED) is 0.795. The van der Waals surface area contributed by atoms with Crippen LogP contribution in [0.2, 0.25) is 0 Å². The minimum atomic E-state index is 0.164. The van der Waals surface area contributed by atoms with E-state index in [2.05, 4.69) is 40.0 Å². The number of aromatic nitrogens is 1. The maximum absolute atomic E-state index is 12.5. The summed E-state index contributed by atoms with van der Waals surface area (Å²) in [5.74, 6) is 1.07. The van der Waals surface area contributed by atoms with Gasteiger partial charge >= 0.3 is 0 Å². The van der Waals surface area contributed by atoms with Crippen molar-refractivity contribution in [1.82, 2.24) is 9.88 Å². The van der Waals surface area contributed by atoms with Crippen LogP contribution in [0.4, 0.5) is 5.69 Å². The molecule has 0 spiro atoms. The van der Waals surface area contributed by atoms with Gasteiger partial charge in [0.2, 0.25) is 0 Å². The fourth-order valence-corrected chi connectivity index (χ4v) is 4.82. The van der Waals surface area contributed by atoms with Crippen LogP contribution in [0.5, 0.6) is 0 Å². The third-order valence-electron chi connectivity index (χ3n) is 6.51. The summed E-state index contributed by atoms with van der Waals surface area (Å²) in [6.07, 6.45) is 7.92. The number of hydrogen-bond donors (Lipinski definition) is 0. The monoisotopic (exact) mass is 376 g/mol. The van der Waals surface area contributed by atoms with Gasteiger partial charge in [-0.25, -0.2) is 0 Å². The van der Waals surface area contributed by atoms with Crippen molar-refractivity contribution in [3.8, 4) is 6.07 Å². The van der Waals surface area contributed by atoms with Gasteiger partial charge in [0, 0.05) is 36.8 Å². The minimum Gasteiger partial charge on any atom is -0.371 e. The average Bonchev–Trinajstić information content (AvgIpc) is 3.17. The maximum atomic E-state index is 12.5. The Balaban J connectivity index is 1.36. The van der Waals surface area contributed by atoms with Crippen LogP contribution in [0, 0.1) is 17.2 Å². The number of ketones is 1. The largest absolute Gasteiger partial charge is 0.371 e. The van der Waals surface area contributed by atoms with Crippen molar-refractivity contribution in [3.05, 3.63) is 36.0 Å². The molecule has 2 saturated heterocycles. The van der Waals surface area contributed by atoms with Crippen LogP contribution in [-0.4, -0.2) is 48.4 Å². The predicted octanol–water partition coefficient (Wildman–Crippen LogP) is 3.77. The van der Waals surface area contributed by atoms with E-state index in [0.717, 1.165) is 69.1 Å². The Morgan fingerprint density at radius 3 is 2.75 bits per heavy atom. The molecule has 5 heteroatoms. The number of rotatable bonds is 5. The van der Waals surface area contributed by atoms with E-state index < -0.39 is 0 Å². The fraction of sp³-hybridized carbons (Fsp3) is 0.522. The first-order valence-electron chi connectivity index (χ1n) is 10.4. The molecule has 0 radical (unpaired) electrons. The number of likely N-dealkylation sites (tertiary alicyclic amines) is 1. The van der Waals surface area contributed by atoms with Gasteiger partial charge in [-0.1, -0.05) is 0 Å². The molecule has 0 N–H and O–H groups in total. The highest BCUT2D eigenvalue weighted by Gasteiger charge is 2.28. The average molecular weight is 377 g/mol. The van der Waals surface area contributed by atoms with Crippen molar-refractivity contribution in [2.75, 3.05) is 31.6 Å². The minimum absolute atomic E-state index is 0.164. The second-order valence-corrected chi connectivity index (χ2v) is 8.22. The summed E-state index contributed by atoms with van der Waals surface area (Å²) in [6.45, 7) is 3.05. The molecular formula is C23H28N4O. The Morgan fingerprint density at radius 2 is 2.04 bits per heavy atom. The molecule has 5 nitrogen and oxygen atoms in total. The second-order valence-electron chi connectivity index (χ2n) is 8.22. The van der Waals surface area contributed by atoms with E-state index in [1.165, 1.54) is 5.69 Å². The van der Waals surface area contributed by atoms with Crippen LogP contribution in [0.3, 0.4) is 0 Å². The number of carbonyl (C=O) groups excluding carboxylic acids is 1. The Hall–Kier alpha value is -2.45. The summed E-state index contributed by atoms with van der Waals surface area (Å²) >= 11 is 0. The van der Waals surface area contributed by atoms with Gasteiger partial charge in [0.25, 0.3) is 0 Å². The van der Waals surface area contributed by atoms with Gasteiger partial charge in [-0.05, 0) is 75.9 Å². The Morgan fingerprint density at radius 1 is 1.21 bits per heavy atom. The predicted molar refractivity (Wildman–Crippen MR) is 111 cm³/mol. The highest BCUT2D eigenvalue weighted by Crippen LogP contribution is 2.32. The number of Topliss-reactive ketones (excluding diaryl/α,β-unsaturated/α-hetero) is 1. The van der Waals surface area contributed by atoms with Gasteiger partial charge in [-0.15, -0.1) is 0 Å². The lowest BCUT2D eigenvalue weighted by atomic mass is 9.89. The van der Waals surface area contributed by atoms with Crippen molar-refractivity contribution >= 4 is 22.4 Å². The highest BCUT2D eigenvalue weighted by atomic mass is 16.1. The molecule has 1 aromatic carbocycles. The molecule has 0 saturated carbocycles. The lowest BCUT2D eigenvalue weighted by molar-refractivity contribution is -0.123. The number of nitrogens with zero attached hydrogens (tertiary/aromatic N) is 4. The number of pyridine rings is 1. The molecule has 28 heavy (non-hydrogen) atoms. The fourth-order valence-electron chi connectivity index (χ4n) is 4.82. The third-order valence-corrected chi connectivity index (χ3v) is 6.51. The van der Waals surface area contributed by atoms with Crippen molar-refractivity contribution in [3.63, 3.8) is 0 Å². The summed E-state index contributed by atoms with van der Waals surface area (Å²) in [4.78, 5) is 21.6. The Kier molecular flexibility index (Phi) is 5.59. The molecule has 3 heterocycles. The zero-order chi connectivity index (χ0) is 19.5. The van der Waals surface area contributed by atoms with Gasteiger partial charge in [-0.3, -0.25) is 14.7 Å². The standard InChI is InChI=1S/C23H28N4O/c1-26-13-3-5-21(26)22(28)9-6-17-10-14-27(15-11-17)20-8-7-18(16-24)23-19(20)4-2-12-25-23/h2,4,7-8,12,17,21H,3,5-6,9-11,13-15H2,1H3. The van der Waals surface area contributed by atoms with Crippen LogP contribution in [0.25, 0.3) is 10.9 Å². The molecule has 146 valence electrons. The molecule has 4 rings (SSSR count). The van der Waals surface area contributed by atoms with E-state index in [4.69, 9.17) is 0 Å². The van der Waals surface area contributed by atoms with Crippen molar-refractivity contribution in [2.24, 2.45) is 5.92 Å². The van der Waals surface area contributed by atoms with Crippen molar-refractivity contribution < 1.29 is 4.79 Å². The first-order valence-corrected chi connectivity index (χ1v) is 10.4. The molecule has 0 amide bonds.